The quantitative estimate of drug-likeness (QED) is 0.263. The Morgan fingerprint density at radius 1 is 0.951 bits per heavy atom. The zero-order valence-corrected chi connectivity index (χ0v) is 24.9. The summed E-state index contributed by atoms with van der Waals surface area (Å²) in [6, 6.07) is 18.1. The van der Waals surface area contributed by atoms with Crippen molar-refractivity contribution in [2.45, 2.75) is 76.8 Å². The number of methoxy groups -OCH3 is 1. The van der Waals surface area contributed by atoms with E-state index in [1.807, 2.05) is 18.2 Å². The van der Waals surface area contributed by atoms with Crippen molar-refractivity contribution in [2.24, 2.45) is 0 Å². The first-order valence-electron chi connectivity index (χ1n) is 15.3. The summed E-state index contributed by atoms with van der Waals surface area (Å²) in [7, 11) is 3.85. The van der Waals surface area contributed by atoms with Gasteiger partial charge in [0.25, 0.3) is 0 Å². The highest BCUT2D eigenvalue weighted by molar-refractivity contribution is 5.60. The molecular formula is C35H45FN2O3. The summed E-state index contributed by atoms with van der Waals surface area (Å²) in [5, 5.41) is 9.91. The van der Waals surface area contributed by atoms with Gasteiger partial charge in [0, 0.05) is 37.4 Å². The second-order valence-corrected chi connectivity index (χ2v) is 11.7. The van der Waals surface area contributed by atoms with Crippen molar-refractivity contribution in [1.82, 2.24) is 4.90 Å². The lowest BCUT2D eigenvalue weighted by atomic mass is 9.79. The second-order valence-electron chi connectivity index (χ2n) is 11.7. The summed E-state index contributed by atoms with van der Waals surface area (Å²) in [6.07, 6.45) is 9.34. The van der Waals surface area contributed by atoms with Gasteiger partial charge < -0.3 is 24.4 Å². The van der Waals surface area contributed by atoms with Crippen LogP contribution in [0.15, 0.2) is 54.6 Å². The molecule has 1 saturated carbocycles. The standard InChI is InChI=1S/C35H45FN2O3/c1-4-38(24-25-10-17-35(33(36)20-25)41-19-18-37(2)29-8-6-5-7-9-29)34-23-31(40-3)15-16-32(34)28-12-11-27-22-30(39)14-13-26(27)21-28/h10,13-17,20,22-23,28-29,39H,4-9,11-12,18-19,21,24H2,1-3H3. The minimum Gasteiger partial charge on any atom is -0.508 e. The summed E-state index contributed by atoms with van der Waals surface area (Å²) < 4.78 is 26.6. The molecule has 0 saturated heterocycles. The number of ether oxygens (including phenoxy) is 2. The van der Waals surface area contributed by atoms with Crippen molar-refractivity contribution >= 4 is 5.69 Å². The van der Waals surface area contributed by atoms with E-state index in [0.29, 0.717) is 36.6 Å². The lowest BCUT2D eigenvalue weighted by Crippen LogP contribution is -2.36. The van der Waals surface area contributed by atoms with Crippen LogP contribution in [0.5, 0.6) is 17.2 Å². The van der Waals surface area contributed by atoms with Crippen LogP contribution in [-0.4, -0.2) is 49.9 Å². The first-order chi connectivity index (χ1) is 19.9. The molecule has 2 aliphatic rings. The normalized spacial score (nSPS) is 17.3. The molecule has 41 heavy (non-hydrogen) atoms. The molecule has 3 aromatic carbocycles. The number of likely N-dealkylation sites (N-methyl/N-ethyl adjacent to an activating group) is 1. The van der Waals surface area contributed by atoms with Crippen molar-refractivity contribution in [1.29, 1.82) is 0 Å². The molecule has 0 aliphatic heterocycles. The molecule has 1 N–H and O–H groups in total. The number of phenolic OH excluding ortho intramolecular Hbond substituents is 1. The van der Waals surface area contributed by atoms with Crippen LogP contribution in [0.1, 0.15) is 73.6 Å². The number of nitrogens with zero attached hydrogens (tertiary/aromatic N) is 2. The third kappa shape index (κ3) is 7.16. The fraction of sp³-hybridized carbons (Fsp3) is 0.486. The molecule has 5 rings (SSSR count). The third-order valence-corrected chi connectivity index (χ3v) is 9.09. The van der Waals surface area contributed by atoms with E-state index in [-0.39, 0.29) is 5.82 Å². The average Bonchev–Trinajstić information content (AvgIpc) is 3.00. The number of hydrogen-bond donors (Lipinski definition) is 1. The lowest BCUT2D eigenvalue weighted by Gasteiger charge is -2.32. The Bertz CT molecular complexity index is 1310. The molecule has 6 heteroatoms. The first-order valence-corrected chi connectivity index (χ1v) is 15.3. The molecule has 1 unspecified atom stereocenters. The summed E-state index contributed by atoms with van der Waals surface area (Å²) in [4.78, 5) is 4.67. The zero-order chi connectivity index (χ0) is 28.8. The number of halogens is 1. The van der Waals surface area contributed by atoms with Crippen LogP contribution in [0, 0.1) is 5.82 Å². The largest absolute Gasteiger partial charge is 0.508 e. The number of aromatic hydroxyl groups is 1. The maximum Gasteiger partial charge on any atom is 0.165 e. The molecule has 0 amide bonds. The molecular weight excluding hydrogens is 515 g/mol. The van der Waals surface area contributed by atoms with E-state index in [1.165, 1.54) is 48.8 Å². The highest BCUT2D eigenvalue weighted by atomic mass is 19.1. The number of fused-ring (bicyclic) bond motifs is 1. The highest BCUT2D eigenvalue weighted by Crippen LogP contribution is 2.40. The Hall–Kier alpha value is -3.25. The summed E-state index contributed by atoms with van der Waals surface area (Å²) in [5.74, 6) is 1.53. The molecule has 1 fully saturated rings. The highest BCUT2D eigenvalue weighted by Gasteiger charge is 2.25. The molecule has 0 heterocycles. The number of hydrogen-bond acceptors (Lipinski definition) is 5. The van der Waals surface area contributed by atoms with Gasteiger partial charge in [-0.05, 0) is 105 Å². The van der Waals surface area contributed by atoms with Crippen LogP contribution in [0.3, 0.4) is 0 Å². The predicted octanol–water partition coefficient (Wildman–Crippen LogP) is 7.48. The molecule has 0 radical (unpaired) electrons. The fourth-order valence-corrected chi connectivity index (χ4v) is 6.63. The van der Waals surface area contributed by atoms with Gasteiger partial charge in [0.1, 0.15) is 18.1 Å². The van der Waals surface area contributed by atoms with Crippen LogP contribution in [0.25, 0.3) is 0 Å². The predicted molar refractivity (Wildman–Crippen MR) is 164 cm³/mol. The molecule has 1 atom stereocenters. The number of rotatable bonds is 11. The van der Waals surface area contributed by atoms with Gasteiger partial charge in [-0.2, -0.15) is 0 Å². The van der Waals surface area contributed by atoms with E-state index >= 15 is 4.39 Å². The van der Waals surface area contributed by atoms with E-state index in [4.69, 9.17) is 9.47 Å². The van der Waals surface area contributed by atoms with Crippen LogP contribution in [-0.2, 0) is 19.4 Å². The van der Waals surface area contributed by atoms with Crippen LogP contribution in [0.2, 0.25) is 0 Å². The van der Waals surface area contributed by atoms with Gasteiger partial charge in [-0.25, -0.2) is 4.39 Å². The Morgan fingerprint density at radius 3 is 2.54 bits per heavy atom. The van der Waals surface area contributed by atoms with Crippen molar-refractivity contribution in [3.05, 3.63) is 82.7 Å². The molecule has 220 valence electrons. The fourth-order valence-electron chi connectivity index (χ4n) is 6.63. The number of phenols is 1. The van der Waals surface area contributed by atoms with Crippen molar-refractivity contribution in [3.8, 4) is 17.2 Å². The Balaban J connectivity index is 1.27. The molecule has 3 aromatic rings. The molecule has 0 spiro atoms. The second kappa shape index (κ2) is 13.6. The minimum absolute atomic E-state index is 0.308. The topological polar surface area (TPSA) is 45.2 Å². The van der Waals surface area contributed by atoms with E-state index in [9.17, 15) is 5.11 Å². The van der Waals surface area contributed by atoms with Crippen LogP contribution >= 0.6 is 0 Å². The number of aryl methyl sites for hydroxylation is 1. The van der Waals surface area contributed by atoms with E-state index in [1.54, 1.807) is 25.3 Å². The maximum atomic E-state index is 15.1. The average molecular weight is 561 g/mol. The van der Waals surface area contributed by atoms with E-state index in [2.05, 4.69) is 42.0 Å². The summed E-state index contributed by atoms with van der Waals surface area (Å²) in [5.41, 5.74) is 5.86. The molecule has 0 bridgehead atoms. The van der Waals surface area contributed by atoms with Gasteiger partial charge in [0.05, 0.1) is 7.11 Å². The molecule has 5 nitrogen and oxygen atoms in total. The number of anilines is 1. The Morgan fingerprint density at radius 2 is 1.78 bits per heavy atom. The smallest absolute Gasteiger partial charge is 0.165 e. The van der Waals surface area contributed by atoms with Crippen molar-refractivity contribution < 1.29 is 19.0 Å². The zero-order valence-electron chi connectivity index (χ0n) is 24.9. The van der Waals surface area contributed by atoms with Crippen LogP contribution in [0.4, 0.5) is 10.1 Å². The summed E-state index contributed by atoms with van der Waals surface area (Å²) in [6.45, 7) is 4.81. The van der Waals surface area contributed by atoms with Gasteiger partial charge >= 0.3 is 0 Å². The van der Waals surface area contributed by atoms with Gasteiger partial charge in [-0.3, -0.25) is 0 Å². The Labute approximate surface area is 244 Å². The van der Waals surface area contributed by atoms with Crippen LogP contribution < -0.4 is 14.4 Å². The van der Waals surface area contributed by atoms with Crippen molar-refractivity contribution in [3.63, 3.8) is 0 Å². The maximum absolute atomic E-state index is 15.1. The van der Waals surface area contributed by atoms with Gasteiger partial charge in [0.15, 0.2) is 11.6 Å². The van der Waals surface area contributed by atoms with E-state index in [0.717, 1.165) is 49.4 Å². The lowest BCUT2D eigenvalue weighted by molar-refractivity contribution is 0.158. The SMILES string of the molecule is CCN(Cc1ccc(OCCN(C)C2CCCCC2)c(F)c1)c1cc(OC)ccc1C1CCc2cc(O)ccc2C1. The monoisotopic (exact) mass is 560 g/mol. The van der Waals surface area contributed by atoms with Crippen molar-refractivity contribution in [2.75, 3.05) is 38.8 Å². The van der Waals surface area contributed by atoms with Gasteiger partial charge in [-0.1, -0.05) is 37.5 Å². The summed E-state index contributed by atoms with van der Waals surface area (Å²) >= 11 is 0. The number of benzene rings is 3. The minimum atomic E-state index is -0.308. The molecule has 0 aromatic heterocycles. The third-order valence-electron chi connectivity index (χ3n) is 9.09. The van der Waals surface area contributed by atoms with Gasteiger partial charge in [0.2, 0.25) is 0 Å². The van der Waals surface area contributed by atoms with E-state index < -0.39 is 0 Å². The Kier molecular flexibility index (Phi) is 9.71. The van der Waals surface area contributed by atoms with Gasteiger partial charge in [-0.15, -0.1) is 0 Å². The first kappa shape index (κ1) is 29.2. The molecule has 2 aliphatic carbocycles.